The fraction of sp³-hybridized carbons (Fsp3) is 0.887. The van der Waals surface area contributed by atoms with Crippen molar-refractivity contribution < 1.29 is 28.6 Å². The van der Waals surface area contributed by atoms with Crippen LogP contribution in [0.5, 0.6) is 0 Å². The van der Waals surface area contributed by atoms with Crippen molar-refractivity contribution in [2.45, 2.75) is 341 Å². The topological polar surface area (TPSA) is 78.9 Å². The van der Waals surface area contributed by atoms with E-state index >= 15 is 0 Å². The van der Waals surface area contributed by atoms with Crippen LogP contribution >= 0.6 is 0 Å². The van der Waals surface area contributed by atoms with E-state index in [0.29, 0.717) is 19.3 Å². The molecule has 0 rings (SSSR count). The molecule has 0 radical (unpaired) electrons. The number of hydrogen-bond donors (Lipinski definition) is 0. The van der Waals surface area contributed by atoms with Crippen molar-refractivity contribution >= 4 is 17.9 Å². The lowest BCUT2D eigenvalue weighted by Crippen LogP contribution is -2.30. The van der Waals surface area contributed by atoms with Gasteiger partial charge in [0.15, 0.2) is 6.10 Å². The third-order valence-corrected chi connectivity index (χ3v) is 13.7. The molecule has 0 bridgehead atoms. The summed E-state index contributed by atoms with van der Waals surface area (Å²) in [5.74, 6) is -0.861. The van der Waals surface area contributed by atoms with E-state index in [0.717, 1.165) is 64.2 Å². The molecule has 1 atom stereocenters. The third kappa shape index (κ3) is 54.8. The highest BCUT2D eigenvalue weighted by Crippen LogP contribution is 2.17. The van der Waals surface area contributed by atoms with Gasteiger partial charge in [-0.1, -0.05) is 270 Å². The van der Waals surface area contributed by atoms with Crippen LogP contribution in [0.2, 0.25) is 0 Å². The van der Waals surface area contributed by atoms with Gasteiger partial charge in [0.25, 0.3) is 0 Å². The van der Waals surface area contributed by atoms with E-state index in [4.69, 9.17) is 14.2 Å². The lowest BCUT2D eigenvalue weighted by atomic mass is 10.0. The molecule has 6 heteroatoms. The number of carbonyl (C=O) groups is 3. The summed E-state index contributed by atoms with van der Waals surface area (Å²) in [6, 6.07) is 0. The second kappa shape index (κ2) is 57.5. The van der Waals surface area contributed by atoms with Gasteiger partial charge in [-0.05, 0) is 70.6 Å². The van der Waals surface area contributed by atoms with Gasteiger partial charge >= 0.3 is 17.9 Å². The molecule has 0 aromatic rings. The van der Waals surface area contributed by atoms with Crippen LogP contribution in [0.4, 0.5) is 0 Å². The van der Waals surface area contributed by atoms with Crippen molar-refractivity contribution in [2.75, 3.05) is 13.2 Å². The van der Waals surface area contributed by atoms with Gasteiger partial charge in [-0.3, -0.25) is 14.4 Å². The van der Waals surface area contributed by atoms with Gasteiger partial charge in [0, 0.05) is 19.3 Å². The number of esters is 3. The van der Waals surface area contributed by atoms with Crippen LogP contribution < -0.4 is 0 Å². The molecular formula is C62H116O6. The quantitative estimate of drug-likeness (QED) is 0.0262. The van der Waals surface area contributed by atoms with Gasteiger partial charge < -0.3 is 14.2 Å². The Labute approximate surface area is 423 Å². The molecule has 0 fully saturated rings. The Kier molecular flexibility index (Phi) is 55.7. The molecule has 68 heavy (non-hydrogen) atoms. The van der Waals surface area contributed by atoms with Gasteiger partial charge in [0.1, 0.15) is 13.2 Å². The minimum atomic E-state index is -0.773. The molecule has 0 aliphatic heterocycles. The number of hydrogen-bond acceptors (Lipinski definition) is 6. The maximum atomic E-state index is 12.9. The van der Waals surface area contributed by atoms with Crippen LogP contribution in [-0.4, -0.2) is 37.2 Å². The molecule has 0 spiro atoms. The number of unbranched alkanes of at least 4 members (excludes halogenated alkanes) is 41. The maximum absolute atomic E-state index is 12.9. The first kappa shape index (κ1) is 65.9. The Morgan fingerprint density at radius 2 is 0.485 bits per heavy atom. The van der Waals surface area contributed by atoms with Crippen LogP contribution in [0.25, 0.3) is 0 Å². The molecule has 0 heterocycles. The van der Waals surface area contributed by atoms with Crippen LogP contribution in [0.1, 0.15) is 335 Å². The lowest BCUT2D eigenvalue weighted by molar-refractivity contribution is -0.167. The van der Waals surface area contributed by atoms with E-state index in [1.807, 2.05) is 0 Å². The van der Waals surface area contributed by atoms with Crippen molar-refractivity contribution in [3.8, 4) is 0 Å². The molecule has 0 aromatic carbocycles. The van der Waals surface area contributed by atoms with Gasteiger partial charge in [0.2, 0.25) is 0 Å². The summed E-state index contributed by atoms with van der Waals surface area (Å²) in [4.78, 5) is 38.2. The van der Waals surface area contributed by atoms with Crippen molar-refractivity contribution in [1.29, 1.82) is 0 Å². The zero-order chi connectivity index (χ0) is 49.3. The number of ether oxygens (including phenoxy) is 3. The zero-order valence-corrected chi connectivity index (χ0v) is 45.9. The Balaban J connectivity index is 4.34. The fourth-order valence-corrected chi connectivity index (χ4v) is 9.08. The van der Waals surface area contributed by atoms with Gasteiger partial charge in [0.05, 0.1) is 0 Å². The largest absolute Gasteiger partial charge is 0.462 e. The standard InChI is InChI=1S/C62H116O6/c1-4-7-10-13-16-19-22-25-28-31-34-37-40-43-46-49-52-55-61(64)67-58-59(57-66-60(63)54-51-48-45-42-39-36-33-30-27-24-21-18-15-12-9-6-3)68-62(65)56-53-50-47-44-41-38-35-32-29-26-23-20-17-14-11-8-5-2/h25,28,30,33,59H,4-24,26-27,29,31-32,34-58H2,1-3H3/b28-25-,33-30-. The summed E-state index contributed by atoms with van der Waals surface area (Å²) >= 11 is 0. The zero-order valence-electron chi connectivity index (χ0n) is 45.9. The van der Waals surface area contributed by atoms with Gasteiger partial charge in [-0.15, -0.1) is 0 Å². The Morgan fingerprint density at radius 3 is 0.735 bits per heavy atom. The molecule has 0 saturated heterocycles. The van der Waals surface area contributed by atoms with Crippen LogP contribution in [0, 0.1) is 0 Å². The number of allylic oxidation sites excluding steroid dienone is 4. The predicted octanol–water partition coefficient (Wildman–Crippen LogP) is 20.3. The first-order chi connectivity index (χ1) is 33.5. The molecule has 0 aromatic heterocycles. The van der Waals surface area contributed by atoms with Crippen LogP contribution in [0.15, 0.2) is 24.3 Å². The van der Waals surface area contributed by atoms with E-state index < -0.39 is 6.10 Å². The molecule has 1 unspecified atom stereocenters. The molecular weight excluding hydrogens is 841 g/mol. The van der Waals surface area contributed by atoms with Crippen molar-refractivity contribution in [3.63, 3.8) is 0 Å². The second-order valence-electron chi connectivity index (χ2n) is 20.6. The fourth-order valence-electron chi connectivity index (χ4n) is 9.08. The summed E-state index contributed by atoms with van der Waals surface area (Å²) < 4.78 is 16.9. The highest BCUT2D eigenvalue weighted by Gasteiger charge is 2.19. The van der Waals surface area contributed by atoms with Crippen LogP contribution in [-0.2, 0) is 28.6 Å². The maximum Gasteiger partial charge on any atom is 0.306 e. The van der Waals surface area contributed by atoms with E-state index in [-0.39, 0.29) is 31.1 Å². The van der Waals surface area contributed by atoms with Crippen LogP contribution in [0.3, 0.4) is 0 Å². The SMILES string of the molecule is CCCCCCCC/C=C\CCCCCCCCCC(=O)OCC(COC(=O)CCCCCCC/C=C\CCCCCCCCC)OC(=O)CCCCCCCCCCCCCCCCCCC. The molecule has 0 saturated carbocycles. The Morgan fingerprint density at radius 1 is 0.279 bits per heavy atom. The molecule has 0 N–H and O–H groups in total. The monoisotopic (exact) mass is 957 g/mol. The van der Waals surface area contributed by atoms with Gasteiger partial charge in [-0.25, -0.2) is 0 Å². The smallest absolute Gasteiger partial charge is 0.306 e. The first-order valence-electron chi connectivity index (χ1n) is 30.3. The van der Waals surface area contributed by atoms with E-state index in [1.54, 1.807) is 0 Å². The highest BCUT2D eigenvalue weighted by atomic mass is 16.6. The summed E-state index contributed by atoms with van der Waals surface area (Å²) in [5, 5.41) is 0. The van der Waals surface area contributed by atoms with Crippen molar-refractivity contribution in [1.82, 2.24) is 0 Å². The lowest BCUT2D eigenvalue weighted by Gasteiger charge is -2.18. The third-order valence-electron chi connectivity index (χ3n) is 13.7. The van der Waals surface area contributed by atoms with E-state index in [1.165, 1.54) is 231 Å². The Hall–Kier alpha value is -2.11. The molecule has 0 aliphatic carbocycles. The Bertz CT molecular complexity index is 1100. The predicted molar refractivity (Wildman–Crippen MR) is 293 cm³/mol. The molecule has 400 valence electrons. The number of rotatable bonds is 56. The normalized spacial score (nSPS) is 12.1. The minimum Gasteiger partial charge on any atom is -0.462 e. The van der Waals surface area contributed by atoms with E-state index in [2.05, 4.69) is 45.1 Å². The second-order valence-corrected chi connectivity index (χ2v) is 20.6. The van der Waals surface area contributed by atoms with Crippen molar-refractivity contribution in [2.24, 2.45) is 0 Å². The highest BCUT2D eigenvalue weighted by molar-refractivity contribution is 5.71. The molecule has 6 nitrogen and oxygen atoms in total. The summed E-state index contributed by atoms with van der Waals surface area (Å²) in [5.41, 5.74) is 0. The minimum absolute atomic E-state index is 0.0716. The number of carbonyl (C=O) groups excluding carboxylic acids is 3. The summed E-state index contributed by atoms with van der Waals surface area (Å²) in [6.07, 6.45) is 67.4. The average molecular weight is 958 g/mol. The van der Waals surface area contributed by atoms with Crippen molar-refractivity contribution in [3.05, 3.63) is 24.3 Å². The molecule has 0 aliphatic rings. The summed E-state index contributed by atoms with van der Waals surface area (Å²) in [7, 11) is 0. The van der Waals surface area contributed by atoms with Gasteiger partial charge in [-0.2, -0.15) is 0 Å². The average Bonchev–Trinajstić information content (AvgIpc) is 3.34. The molecule has 0 amide bonds. The summed E-state index contributed by atoms with van der Waals surface area (Å²) in [6.45, 7) is 6.68. The van der Waals surface area contributed by atoms with E-state index in [9.17, 15) is 14.4 Å². The first-order valence-corrected chi connectivity index (χ1v) is 30.3.